The van der Waals surface area contributed by atoms with E-state index >= 15 is 0 Å². The molecule has 0 spiro atoms. The second-order valence-electron chi connectivity index (χ2n) is 2.61. The molecular formula is C9H19NO3. The van der Waals surface area contributed by atoms with E-state index < -0.39 is 0 Å². The van der Waals surface area contributed by atoms with E-state index in [4.69, 9.17) is 14.2 Å². The lowest BCUT2D eigenvalue weighted by molar-refractivity contribution is -0.459. The fourth-order valence-electron chi connectivity index (χ4n) is 0.658. The van der Waals surface area contributed by atoms with Crippen LogP contribution in [0.25, 0.3) is 0 Å². The molecule has 0 aliphatic heterocycles. The summed E-state index contributed by atoms with van der Waals surface area (Å²) < 4.78 is 16.8. The van der Waals surface area contributed by atoms with Gasteiger partial charge in [-0.25, -0.2) is 0 Å². The predicted octanol–water partition coefficient (Wildman–Crippen LogP) is 0.171. The Balaban J connectivity index is 2.87. The van der Waals surface area contributed by atoms with Crippen LogP contribution < -0.4 is 0 Å². The fourth-order valence-corrected chi connectivity index (χ4v) is 0.658. The Kier molecular flexibility index (Phi) is 9.08. The lowest BCUT2D eigenvalue weighted by Gasteiger charge is -2.05. The lowest BCUT2D eigenvalue weighted by atomic mass is 10.6. The molecule has 0 aromatic rings. The predicted molar refractivity (Wildman–Crippen MR) is 51.1 cm³/mol. The van der Waals surface area contributed by atoms with Crippen molar-refractivity contribution in [1.82, 2.24) is 0 Å². The highest BCUT2D eigenvalue weighted by atomic mass is 16.5. The molecule has 0 saturated heterocycles. The summed E-state index contributed by atoms with van der Waals surface area (Å²) in [4.78, 5) is 0. The van der Waals surface area contributed by atoms with Crippen molar-refractivity contribution in [1.29, 1.82) is 0 Å². The zero-order valence-electron chi connectivity index (χ0n) is 8.33. The third kappa shape index (κ3) is 11.4. The molecule has 78 valence electrons. The molecule has 0 saturated carbocycles. The Bertz CT molecular complexity index is 128. The Morgan fingerprint density at radius 1 is 1.08 bits per heavy atom. The minimum absolute atomic E-state index is 0.609. The van der Waals surface area contributed by atoms with Gasteiger partial charge in [0, 0.05) is 7.11 Å². The van der Waals surface area contributed by atoms with Crippen molar-refractivity contribution >= 4 is 6.72 Å². The zero-order chi connectivity index (χ0) is 9.94. The van der Waals surface area contributed by atoms with Crippen LogP contribution in [0, 0.1) is 7.05 Å². The van der Waals surface area contributed by atoms with Crippen LogP contribution in [0.4, 0.5) is 0 Å². The van der Waals surface area contributed by atoms with Gasteiger partial charge in [-0.05, 0) is 13.8 Å². The van der Waals surface area contributed by atoms with Gasteiger partial charge in [-0.15, -0.1) is 0 Å². The average molecular weight is 189 g/mol. The second-order valence-corrected chi connectivity index (χ2v) is 2.61. The lowest BCUT2D eigenvalue weighted by Crippen LogP contribution is -2.13. The van der Waals surface area contributed by atoms with E-state index in [1.54, 1.807) is 11.7 Å². The molecule has 0 aliphatic rings. The molecule has 0 rings (SSSR count). The van der Waals surface area contributed by atoms with Crippen molar-refractivity contribution in [2.75, 3.05) is 46.7 Å². The summed E-state index contributed by atoms with van der Waals surface area (Å²) >= 11 is 0. The van der Waals surface area contributed by atoms with E-state index in [1.165, 1.54) is 0 Å². The standard InChI is InChI=1S/C9H19NO3/c1-10(2)4-5-12-8-9-13-7-6-11-3/h1-2,4-9H2,3H3. The van der Waals surface area contributed by atoms with Gasteiger partial charge in [-0.2, -0.15) is 0 Å². The maximum atomic E-state index is 5.24. The van der Waals surface area contributed by atoms with Crippen molar-refractivity contribution in [3.05, 3.63) is 7.05 Å². The van der Waals surface area contributed by atoms with E-state index in [1.807, 2.05) is 0 Å². The van der Waals surface area contributed by atoms with Gasteiger partial charge in [-0.3, -0.25) is 0 Å². The molecule has 4 heteroatoms. The van der Waals surface area contributed by atoms with Crippen LogP contribution in [0.5, 0.6) is 0 Å². The van der Waals surface area contributed by atoms with Crippen molar-refractivity contribution in [2.24, 2.45) is 0 Å². The Labute approximate surface area is 80.1 Å². The molecule has 13 heavy (non-hydrogen) atoms. The van der Waals surface area contributed by atoms with Gasteiger partial charge in [0.1, 0.15) is 13.2 Å². The number of nitrogens with zero attached hydrogens (tertiary/aromatic N) is 1. The van der Waals surface area contributed by atoms with E-state index in [0.29, 0.717) is 33.0 Å². The molecule has 0 aromatic carbocycles. The molecule has 0 amide bonds. The summed E-state index contributed by atoms with van der Waals surface area (Å²) in [6.45, 7) is 7.43. The minimum atomic E-state index is 0.609. The molecule has 0 fully saturated rings. The largest absolute Gasteiger partial charge is 0.382 e. The van der Waals surface area contributed by atoms with Gasteiger partial charge < -0.3 is 18.8 Å². The highest BCUT2D eigenvalue weighted by molar-refractivity contribution is 5.14. The molecule has 4 nitrogen and oxygen atoms in total. The van der Waals surface area contributed by atoms with Crippen molar-refractivity contribution in [3.8, 4) is 0 Å². The summed E-state index contributed by atoms with van der Waals surface area (Å²) in [5.74, 6) is 0. The van der Waals surface area contributed by atoms with Gasteiger partial charge in [0.05, 0.1) is 26.4 Å². The van der Waals surface area contributed by atoms with Crippen LogP contribution in [0.1, 0.15) is 0 Å². The SMILES string of the molecule is C=[N+]([CH2-])CCOCCOCCOC. The molecule has 0 heterocycles. The first-order valence-electron chi connectivity index (χ1n) is 4.30. The van der Waals surface area contributed by atoms with Crippen LogP contribution in [-0.2, 0) is 14.2 Å². The number of rotatable bonds is 9. The van der Waals surface area contributed by atoms with E-state index in [0.717, 1.165) is 6.54 Å². The number of methoxy groups -OCH3 is 1. The number of hydrogen-bond donors (Lipinski definition) is 0. The van der Waals surface area contributed by atoms with Crippen LogP contribution in [-0.4, -0.2) is 58.0 Å². The van der Waals surface area contributed by atoms with Crippen LogP contribution in [0.3, 0.4) is 0 Å². The molecule has 0 N–H and O–H groups in total. The molecule has 0 aromatic heterocycles. The summed E-state index contributed by atoms with van der Waals surface area (Å²) in [5, 5.41) is 0. The quantitative estimate of drug-likeness (QED) is 0.224. The highest BCUT2D eigenvalue weighted by Gasteiger charge is 1.91. The number of hydrogen-bond acceptors (Lipinski definition) is 3. The van der Waals surface area contributed by atoms with Gasteiger partial charge in [0.25, 0.3) is 0 Å². The monoisotopic (exact) mass is 189 g/mol. The van der Waals surface area contributed by atoms with Gasteiger partial charge >= 0.3 is 0 Å². The fraction of sp³-hybridized carbons (Fsp3) is 0.778. The van der Waals surface area contributed by atoms with E-state index in [-0.39, 0.29) is 0 Å². The molecule has 0 atom stereocenters. The molecular weight excluding hydrogens is 170 g/mol. The molecule has 0 radical (unpaired) electrons. The van der Waals surface area contributed by atoms with Gasteiger partial charge in [0.15, 0.2) is 0 Å². The summed E-state index contributed by atoms with van der Waals surface area (Å²) in [6.07, 6.45) is 0. The average Bonchev–Trinajstić information content (AvgIpc) is 2.09. The molecule has 0 bridgehead atoms. The molecule has 0 aliphatic carbocycles. The van der Waals surface area contributed by atoms with Crippen molar-refractivity contribution in [2.45, 2.75) is 0 Å². The number of ether oxygens (including phenoxy) is 3. The Hall–Kier alpha value is -0.580. The maximum absolute atomic E-state index is 5.24. The van der Waals surface area contributed by atoms with E-state index in [9.17, 15) is 0 Å². The van der Waals surface area contributed by atoms with Crippen LogP contribution >= 0.6 is 0 Å². The van der Waals surface area contributed by atoms with Crippen molar-refractivity contribution < 1.29 is 18.8 Å². The van der Waals surface area contributed by atoms with E-state index in [2.05, 4.69) is 13.8 Å². The third-order valence-corrected chi connectivity index (χ3v) is 1.36. The van der Waals surface area contributed by atoms with Crippen LogP contribution in [0.15, 0.2) is 0 Å². The summed E-state index contributed by atoms with van der Waals surface area (Å²) in [5.41, 5.74) is 0. The first-order valence-corrected chi connectivity index (χ1v) is 4.30. The first-order chi connectivity index (χ1) is 6.27. The Morgan fingerprint density at radius 2 is 1.62 bits per heavy atom. The zero-order valence-corrected chi connectivity index (χ0v) is 8.33. The Morgan fingerprint density at radius 3 is 2.15 bits per heavy atom. The van der Waals surface area contributed by atoms with Crippen LogP contribution in [0.2, 0.25) is 0 Å². The smallest absolute Gasteiger partial charge is 0.138 e. The summed E-state index contributed by atoms with van der Waals surface area (Å²) in [6, 6.07) is 0. The topological polar surface area (TPSA) is 30.7 Å². The maximum Gasteiger partial charge on any atom is 0.138 e. The first kappa shape index (κ1) is 12.4. The van der Waals surface area contributed by atoms with Gasteiger partial charge in [0.2, 0.25) is 0 Å². The second kappa shape index (κ2) is 9.51. The normalized spacial score (nSPS) is 10.2. The summed E-state index contributed by atoms with van der Waals surface area (Å²) in [7, 11) is 5.24. The third-order valence-electron chi connectivity index (χ3n) is 1.36. The minimum Gasteiger partial charge on any atom is -0.382 e. The van der Waals surface area contributed by atoms with Crippen molar-refractivity contribution in [3.63, 3.8) is 0 Å². The highest BCUT2D eigenvalue weighted by Crippen LogP contribution is 1.80. The van der Waals surface area contributed by atoms with Gasteiger partial charge in [-0.1, -0.05) is 0 Å². The molecule has 0 unspecified atom stereocenters.